The summed E-state index contributed by atoms with van der Waals surface area (Å²) < 4.78 is 17.4. The Kier molecular flexibility index (Phi) is 6.73. The van der Waals surface area contributed by atoms with Crippen LogP contribution in [0.4, 0.5) is 0 Å². The minimum Gasteiger partial charge on any atom is -0.467 e. The number of furan rings is 1. The van der Waals surface area contributed by atoms with E-state index in [-0.39, 0.29) is 12.3 Å². The van der Waals surface area contributed by atoms with Gasteiger partial charge in [-0.05, 0) is 38.1 Å². The SMILES string of the molecule is CCOC(CNC(c1ccco1)c1ccc(Cl)s1)OCC. The summed E-state index contributed by atoms with van der Waals surface area (Å²) in [6.07, 6.45) is 1.40. The Balaban J connectivity index is 2.06. The Bertz CT molecular complexity index is 509. The van der Waals surface area contributed by atoms with Crippen molar-refractivity contribution in [2.24, 2.45) is 0 Å². The molecule has 21 heavy (non-hydrogen) atoms. The highest BCUT2D eigenvalue weighted by Crippen LogP contribution is 2.31. The predicted octanol–water partition coefficient (Wildman–Crippen LogP) is 4.07. The first-order chi connectivity index (χ1) is 10.2. The zero-order valence-corrected chi connectivity index (χ0v) is 13.7. The minimum absolute atomic E-state index is 0.0547. The van der Waals surface area contributed by atoms with E-state index in [1.807, 2.05) is 38.1 Å². The van der Waals surface area contributed by atoms with Gasteiger partial charge in [0.15, 0.2) is 6.29 Å². The Hall–Kier alpha value is -0.850. The lowest BCUT2D eigenvalue weighted by Gasteiger charge is -2.21. The molecule has 0 amide bonds. The van der Waals surface area contributed by atoms with Gasteiger partial charge >= 0.3 is 0 Å². The molecule has 0 aliphatic heterocycles. The molecule has 0 bridgehead atoms. The van der Waals surface area contributed by atoms with Crippen molar-refractivity contribution in [1.82, 2.24) is 5.32 Å². The predicted molar refractivity (Wildman–Crippen MR) is 84.9 cm³/mol. The lowest BCUT2D eigenvalue weighted by molar-refractivity contribution is -0.133. The summed E-state index contributed by atoms with van der Waals surface area (Å²) in [6.45, 7) is 5.71. The van der Waals surface area contributed by atoms with Crippen LogP contribution in [0.2, 0.25) is 4.34 Å². The first kappa shape index (κ1) is 16.5. The standard InChI is InChI=1S/C15H20ClNO3S/c1-3-18-14(19-4-2)10-17-15(11-6-5-9-20-11)12-7-8-13(16)21-12/h5-9,14-15,17H,3-4,10H2,1-2H3. The van der Waals surface area contributed by atoms with Gasteiger partial charge in [0.2, 0.25) is 0 Å². The summed E-state index contributed by atoms with van der Waals surface area (Å²) >= 11 is 7.57. The van der Waals surface area contributed by atoms with Crippen LogP contribution in [0, 0.1) is 0 Å². The maximum atomic E-state index is 6.04. The molecule has 2 heterocycles. The molecule has 0 radical (unpaired) electrons. The smallest absolute Gasteiger partial charge is 0.169 e. The van der Waals surface area contributed by atoms with Crippen molar-refractivity contribution in [1.29, 1.82) is 0 Å². The van der Waals surface area contributed by atoms with Crippen LogP contribution < -0.4 is 5.32 Å². The van der Waals surface area contributed by atoms with E-state index in [0.29, 0.717) is 19.8 Å². The van der Waals surface area contributed by atoms with Crippen LogP contribution in [0.1, 0.15) is 30.5 Å². The fourth-order valence-electron chi connectivity index (χ4n) is 2.03. The van der Waals surface area contributed by atoms with Crippen molar-refractivity contribution in [2.75, 3.05) is 19.8 Å². The molecular formula is C15H20ClNO3S. The molecule has 0 aliphatic rings. The van der Waals surface area contributed by atoms with E-state index in [9.17, 15) is 0 Å². The summed E-state index contributed by atoms with van der Waals surface area (Å²) in [4.78, 5) is 1.10. The molecule has 6 heteroatoms. The van der Waals surface area contributed by atoms with Crippen molar-refractivity contribution in [3.63, 3.8) is 0 Å². The second-order valence-corrected chi connectivity index (χ2v) is 6.09. The number of hydrogen-bond donors (Lipinski definition) is 1. The molecule has 0 fully saturated rings. The summed E-state index contributed by atoms with van der Waals surface area (Å²) in [5.41, 5.74) is 0. The molecule has 1 N–H and O–H groups in total. The van der Waals surface area contributed by atoms with Crippen molar-refractivity contribution in [3.05, 3.63) is 45.5 Å². The average molecular weight is 330 g/mol. The first-order valence-corrected chi connectivity index (χ1v) is 8.19. The van der Waals surface area contributed by atoms with Crippen LogP contribution in [0.3, 0.4) is 0 Å². The Morgan fingerprint density at radius 1 is 1.24 bits per heavy atom. The van der Waals surface area contributed by atoms with E-state index in [1.165, 1.54) is 11.3 Å². The van der Waals surface area contributed by atoms with E-state index in [0.717, 1.165) is 15.0 Å². The van der Waals surface area contributed by atoms with Gasteiger partial charge in [-0.3, -0.25) is 5.32 Å². The number of thiophene rings is 1. The number of hydrogen-bond acceptors (Lipinski definition) is 5. The summed E-state index contributed by atoms with van der Waals surface area (Å²) in [7, 11) is 0. The Labute approximate surface area is 134 Å². The highest BCUT2D eigenvalue weighted by Gasteiger charge is 2.20. The van der Waals surface area contributed by atoms with Crippen molar-refractivity contribution >= 4 is 22.9 Å². The molecule has 0 saturated heterocycles. The van der Waals surface area contributed by atoms with E-state index >= 15 is 0 Å². The second kappa shape index (κ2) is 8.56. The number of nitrogens with one attached hydrogen (secondary N) is 1. The van der Waals surface area contributed by atoms with Crippen molar-refractivity contribution < 1.29 is 13.9 Å². The van der Waals surface area contributed by atoms with Gasteiger partial charge in [-0.25, -0.2) is 0 Å². The van der Waals surface area contributed by atoms with Crippen LogP contribution in [-0.4, -0.2) is 26.0 Å². The van der Waals surface area contributed by atoms with Gasteiger partial charge in [0.25, 0.3) is 0 Å². The fourth-order valence-corrected chi connectivity index (χ4v) is 3.18. The number of halogens is 1. The van der Waals surface area contributed by atoms with Crippen LogP contribution in [-0.2, 0) is 9.47 Å². The summed E-state index contributed by atoms with van der Waals surface area (Å²) in [6, 6.07) is 7.66. The van der Waals surface area contributed by atoms with Gasteiger partial charge in [0.1, 0.15) is 11.8 Å². The zero-order valence-electron chi connectivity index (χ0n) is 12.2. The maximum Gasteiger partial charge on any atom is 0.169 e. The minimum atomic E-state index is -0.270. The molecule has 0 aliphatic carbocycles. The number of ether oxygens (including phenoxy) is 2. The first-order valence-electron chi connectivity index (χ1n) is 6.99. The normalized spacial score (nSPS) is 13.0. The van der Waals surface area contributed by atoms with Gasteiger partial charge < -0.3 is 13.9 Å². The van der Waals surface area contributed by atoms with Gasteiger partial charge in [0.05, 0.1) is 10.6 Å². The lowest BCUT2D eigenvalue weighted by atomic mass is 10.2. The molecule has 4 nitrogen and oxygen atoms in total. The Morgan fingerprint density at radius 2 is 2.00 bits per heavy atom. The van der Waals surface area contributed by atoms with Gasteiger partial charge in [-0.15, -0.1) is 11.3 Å². The quantitative estimate of drug-likeness (QED) is 0.704. The Morgan fingerprint density at radius 3 is 2.52 bits per heavy atom. The molecule has 1 atom stereocenters. The van der Waals surface area contributed by atoms with Crippen LogP contribution >= 0.6 is 22.9 Å². The number of rotatable bonds is 9. The third-order valence-electron chi connectivity index (χ3n) is 2.90. The fraction of sp³-hybridized carbons (Fsp3) is 0.467. The van der Waals surface area contributed by atoms with Crippen molar-refractivity contribution in [2.45, 2.75) is 26.2 Å². The van der Waals surface area contributed by atoms with Gasteiger partial charge in [-0.2, -0.15) is 0 Å². The average Bonchev–Trinajstić information content (AvgIpc) is 3.12. The highest BCUT2D eigenvalue weighted by atomic mass is 35.5. The molecule has 2 rings (SSSR count). The molecule has 2 aromatic rings. The molecule has 0 aromatic carbocycles. The van der Waals surface area contributed by atoms with Crippen LogP contribution in [0.25, 0.3) is 0 Å². The zero-order chi connectivity index (χ0) is 15.1. The summed E-state index contributed by atoms with van der Waals surface area (Å²) in [5.74, 6) is 0.847. The van der Waals surface area contributed by atoms with Crippen molar-refractivity contribution in [3.8, 4) is 0 Å². The lowest BCUT2D eigenvalue weighted by Crippen LogP contribution is -2.34. The topological polar surface area (TPSA) is 43.6 Å². The molecular weight excluding hydrogens is 310 g/mol. The second-order valence-electron chi connectivity index (χ2n) is 4.34. The maximum absolute atomic E-state index is 6.04. The highest BCUT2D eigenvalue weighted by molar-refractivity contribution is 7.16. The van der Waals surface area contributed by atoms with Gasteiger partial charge in [0, 0.05) is 24.6 Å². The summed E-state index contributed by atoms with van der Waals surface area (Å²) in [5, 5.41) is 3.43. The van der Waals surface area contributed by atoms with Gasteiger partial charge in [-0.1, -0.05) is 11.6 Å². The molecule has 0 saturated carbocycles. The molecule has 1 unspecified atom stereocenters. The van der Waals surface area contributed by atoms with E-state index in [4.69, 9.17) is 25.5 Å². The van der Waals surface area contributed by atoms with Crippen LogP contribution in [0.5, 0.6) is 0 Å². The van der Waals surface area contributed by atoms with E-state index in [1.54, 1.807) is 6.26 Å². The molecule has 0 spiro atoms. The monoisotopic (exact) mass is 329 g/mol. The third kappa shape index (κ3) is 4.83. The largest absolute Gasteiger partial charge is 0.467 e. The third-order valence-corrected chi connectivity index (χ3v) is 4.20. The van der Waals surface area contributed by atoms with Crippen LogP contribution in [0.15, 0.2) is 34.9 Å². The molecule has 116 valence electrons. The van der Waals surface area contributed by atoms with E-state index in [2.05, 4.69) is 5.32 Å². The molecule has 2 aromatic heterocycles. The van der Waals surface area contributed by atoms with E-state index < -0.39 is 0 Å².